The number of hydrogen-bond donors (Lipinski definition) is 1. The van der Waals surface area contributed by atoms with Gasteiger partial charge >= 0.3 is 0 Å². The molecule has 0 spiro atoms. The van der Waals surface area contributed by atoms with Crippen LogP contribution in [0.4, 0.5) is 11.4 Å². The lowest BCUT2D eigenvalue weighted by Gasteiger charge is -2.15. The van der Waals surface area contributed by atoms with Gasteiger partial charge in [-0.3, -0.25) is 29.6 Å². The molecule has 2 amide bonds. The molecule has 0 bridgehead atoms. The van der Waals surface area contributed by atoms with Crippen LogP contribution in [-0.4, -0.2) is 33.7 Å². The summed E-state index contributed by atoms with van der Waals surface area (Å²) in [6.45, 7) is 0.0739. The van der Waals surface area contributed by atoms with Crippen molar-refractivity contribution in [1.29, 1.82) is 0 Å². The Labute approximate surface area is 183 Å². The molecule has 0 saturated heterocycles. The Morgan fingerprint density at radius 1 is 0.969 bits per heavy atom. The Kier molecular flexibility index (Phi) is 5.63. The number of carbonyl (C=O) groups excluding carboxylic acids is 2. The van der Waals surface area contributed by atoms with E-state index in [-0.39, 0.29) is 23.5 Å². The third-order valence-corrected chi connectivity index (χ3v) is 4.98. The van der Waals surface area contributed by atoms with Gasteiger partial charge < -0.3 is 10.1 Å². The molecule has 0 aliphatic carbocycles. The molecule has 32 heavy (non-hydrogen) atoms. The van der Waals surface area contributed by atoms with Gasteiger partial charge in [-0.2, -0.15) is 0 Å². The maximum atomic E-state index is 13.3. The fourth-order valence-corrected chi connectivity index (χ4v) is 3.34. The number of aromatic nitrogens is 1. The first-order valence-corrected chi connectivity index (χ1v) is 9.63. The molecule has 160 valence electrons. The van der Waals surface area contributed by atoms with Crippen molar-refractivity contribution in [3.8, 4) is 5.75 Å². The maximum Gasteiger partial charge on any atom is 0.278 e. The van der Waals surface area contributed by atoms with Crippen molar-refractivity contribution in [2.24, 2.45) is 0 Å². The number of imide groups is 1. The molecule has 2 heterocycles. The van der Waals surface area contributed by atoms with Crippen molar-refractivity contribution in [3.05, 3.63) is 100.0 Å². The highest BCUT2D eigenvalue weighted by Crippen LogP contribution is 2.32. The number of hydrogen-bond acceptors (Lipinski definition) is 7. The molecular weight excluding hydrogens is 412 g/mol. The molecule has 1 N–H and O–H groups in total. The number of nitro groups is 1. The van der Waals surface area contributed by atoms with E-state index in [0.717, 1.165) is 10.5 Å². The number of nitrogens with zero attached hydrogens (tertiary/aromatic N) is 3. The van der Waals surface area contributed by atoms with E-state index in [1.165, 1.54) is 24.3 Å². The highest BCUT2D eigenvalue weighted by Gasteiger charge is 2.39. The number of ether oxygens (including phenoxy) is 1. The summed E-state index contributed by atoms with van der Waals surface area (Å²) in [6, 6.07) is 15.9. The number of amides is 2. The topological polar surface area (TPSA) is 115 Å². The minimum atomic E-state index is -0.522. The van der Waals surface area contributed by atoms with Crippen LogP contribution in [0.5, 0.6) is 5.75 Å². The van der Waals surface area contributed by atoms with E-state index in [0.29, 0.717) is 17.0 Å². The maximum absolute atomic E-state index is 13.3. The van der Waals surface area contributed by atoms with Crippen molar-refractivity contribution in [2.75, 3.05) is 12.4 Å². The summed E-state index contributed by atoms with van der Waals surface area (Å²) in [5.41, 5.74) is 1.88. The number of methoxy groups -OCH3 is 1. The van der Waals surface area contributed by atoms with Crippen LogP contribution in [0.25, 0.3) is 5.57 Å². The highest BCUT2D eigenvalue weighted by molar-refractivity contribution is 6.36. The van der Waals surface area contributed by atoms with Gasteiger partial charge in [0.1, 0.15) is 11.4 Å². The fraction of sp³-hybridized carbons (Fsp3) is 0.0870. The van der Waals surface area contributed by atoms with Crippen LogP contribution in [0.3, 0.4) is 0 Å². The number of carbonyl (C=O) groups is 2. The first-order chi connectivity index (χ1) is 15.5. The van der Waals surface area contributed by atoms with E-state index in [9.17, 15) is 19.7 Å². The zero-order chi connectivity index (χ0) is 22.7. The zero-order valence-corrected chi connectivity index (χ0v) is 17.0. The number of nitrogens with one attached hydrogen (secondary N) is 1. The molecule has 2 aromatic carbocycles. The van der Waals surface area contributed by atoms with Crippen LogP contribution >= 0.6 is 0 Å². The van der Waals surface area contributed by atoms with E-state index < -0.39 is 16.7 Å². The molecule has 0 radical (unpaired) electrons. The minimum Gasteiger partial charge on any atom is -0.497 e. The van der Waals surface area contributed by atoms with Crippen molar-refractivity contribution < 1.29 is 19.2 Å². The van der Waals surface area contributed by atoms with Crippen molar-refractivity contribution in [2.45, 2.75) is 6.54 Å². The van der Waals surface area contributed by atoms with E-state index in [1.807, 2.05) is 0 Å². The second-order valence-corrected chi connectivity index (χ2v) is 6.96. The molecule has 4 rings (SSSR count). The average Bonchev–Trinajstić information content (AvgIpc) is 3.04. The summed E-state index contributed by atoms with van der Waals surface area (Å²) in [7, 11) is 1.55. The normalized spacial score (nSPS) is 13.5. The van der Waals surface area contributed by atoms with Crippen molar-refractivity contribution in [3.63, 3.8) is 0 Å². The monoisotopic (exact) mass is 430 g/mol. The van der Waals surface area contributed by atoms with Crippen LogP contribution in [0.2, 0.25) is 0 Å². The van der Waals surface area contributed by atoms with Gasteiger partial charge in [0.05, 0.1) is 24.2 Å². The van der Waals surface area contributed by atoms with E-state index in [1.54, 1.807) is 55.9 Å². The average molecular weight is 430 g/mol. The molecule has 3 aromatic rings. The van der Waals surface area contributed by atoms with E-state index in [4.69, 9.17) is 4.74 Å². The summed E-state index contributed by atoms with van der Waals surface area (Å²) in [5.74, 6) is -0.332. The van der Waals surface area contributed by atoms with Gasteiger partial charge in [-0.25, -0.2) is 0 Å². The molecule has 1 aliphatic rings. The Morgan fingerprint density at radius 2 is 1.62 bits per heavy atom. The first kappa shape index (κ1) is 20.7. The first-order valence-electron chi connectivity index (χ1n) is 9.63. The van der Waals surface area contributed by atoms with Gasteiger partial charge in [0.25, 0.3) is 17.5 Å². The fourth-order valence-electron chi connectivity index (χ4n) is 3.34. The van der Waals surface area contributed by atoms with Crippen LogP contribution in [0.1, 0.15) is 11.1 Å². The van der Waals surface area contributed by atoms with Crippen LogP contribution in [-0.2, 0) is 16.1 Å². The quantitative estimate of drug-likeness (QED) is 0.347. The summed E-state index contributed by atoms with van der Waals surface area (Å²) in [4.78, 5) is 42.1. The number of non-ortho nitro benzene ring substituents is 1. The number of pyridine rings is 1. The molecular formula is C23H18N4O5. The molecule has 0 saturated carbocycles. The van der Waals surface area contributed by atoms with Gasteiger partial charge in [0, 0.05) is 30.2 Å². The minimum absolute atomic E-state index is 0.0739. The molecule has 1 aromatic heterocycles. The Bertz CT molecular complexity index is 1210. The molecule has 9 heteroatoms. The largest absolute Gasteiger partial charge is 0.497 e. The highest BCUT2D eigenvalue weighted by atomic mass is 16.6. The Balaban J connectivity index is 1.73. The van der Waals surface area contributed by atoms with Gasteiger partial charge in [0.15, 0.2) is 0 Å². The van der Waals surface area contributed by atoms with Gasteiger partial charge in [-0.15, -0.1) is 0 Å². The SMILES string of the molecule is COc1ccc(NC2=C(c3ccc([N+](=O)[O-])cc3)C(=O)N(Cc3ccncc3)C2=O)cc1. The van der Waals surface area contributed by atoms with Gasteiger partial charge in [-0.05, 0) is 59.7 Å². The Morgan fingerprint density at radius 3 is 2.22 bits per heavy atom. The number of anilines is 1. The third-order valence-electron chi connectivity index (χ3n) is 4.98. The second-order valence-electron chi connectivity index (χ2n) is 6.96. The lowest BCUT2D eigenvalue weighted by atomic mass is 10.0. The van der Waals surface area contributed by atoms with Crippen molar-refractivity contribution >= 4 is 28.8 Å². The zero-order valence-electron chi connectivity index (χ0n) is 17.0. The summed E-state index contributed by atoms with van der Waals surface area (Å²) >= 11 is 0. The predicted molar refractivity (Wildman–Crippen MR) is 116 cm³/mol. The number of benzene rings is 2. The lowest BCUT2D eigenvalue weighted by molar-refractivity contribution is -0.384. The lowest BCUT2D eigenvalue weighted by Crippen LogP contribution is -2.32. The molecule has 0 fully saturated rings. The Hall–Kier alpha value is -4.53. The third kappa shape index (κ3) is 4.04. The molecule has 0 atom stereocenters. The standard InChI is InChI=1S/C23H18N4O5/c1-32-19-8-4-17(5-9-19)25-21-20(16-2-6-18(7-3-16)27(30)31)22(28)26(23(21)29)14-15-10-12-24-13-11-15/h2-13,25H,14H2,1H3. The predicted octanol–water partition coefficient (Wildman–Crippen LogP) is 3.39. The van der Waals surface area contributed by atoms with E-state index >= 15 is 0 Å². The molecule has 1 aliphatic heterocycles. The number of nitro benzene ring substituents is 1. The smallest absolute Gasteiger partial charge is 0.278 e. The van der Waals surface area contributed by atoms with Crippen LogP contribution < -0.4 is 10.1 Å². The van der Waals surface area contributed by atoms with E-state index in [2.05, 4.69) is 10.3 Å². The summed E-state index contributed by atoms with van der Waals surface area (Å²) in [5, 5.41) is 14.0. The second kappa shape index (κ2) is 8.68. The summed E-state index contributed by atoms with van der Waals surface area (Å²) in [6.07, 6.45) is 3.17. The van der Waals surface area contributed by atoms with Gasteiger partial charge in [0.2, 0.25) is 0 Å². The van der Waals surface area contributed by atoms with Crippen LogP contribution in [0.15, 0.2) is 78.8 Å². The van der Waals surface area contributed by atoms with Crippen LogP contribution in [0, 0.1) is 10.1 Å². The van der Waals surface area contributed by atoms with Crippen molar-refractivity contribution in [1.82, 2.24) is 9.88 Å². The summed E-state index contributed by atoms with van der Waals surface area (Å²) < 4.78 is 5.15. The number of rotatable bonds is 7. The molecule has 9 nitrogen and oxygen atoms in total. The van der Waals surface area contributed by atoms with Gasteiger partial charge in [-0.1, -0.05) is 0 Å². The molecule has 0 unspecified atom stereocenters.